The molecule has 5 unspecified atom stereocenters. The largest absolute Gasteiger partial charge is 0.632 e. The summed E-state index contributed by atoms with van der Waals surface area (Å²) in [5, 5.41) is 13.9. The van der Waals surface area contributed by atoms with Gasteiger partial charge in [0.05, 0.1) is 30.5 Å². The lowest BCUT2D eigenvalue weighted by Crippen LogP contribution is -2.79. The Balaban J connectivity index is 1.85. The van der Waals surface area contributed by atoms with Crippen LogP contribution in [-0.2, 0) is 24.5 Å². The maximum absolute atomic E-state index is 13.9. The summed E-state index contributed by atoms with van der Waals surface area (Å²) in [7, 11) is 1.38. The minimum absolute atomic E-state index is 0.0874. The van der Waals surface area contributed by atoms with Gasteiger partial charge in [-0.15, -0.1) is 0 Å². The number of carbonyl (C=O) groups is 2. The second kappa shape index (κ2) is 6.25. The molecule has 2 saturated heterocycles. The number of fused-ring (bicyclic) bond motifs is 2. The van der Waals surface area contributed by atoms with Gasteiger partial charge in [0.15, 0.2) is 0 Å². The van der Waals surface area contributed by atoms with Gasteiger partial charge in [0.25, 0.3) is 0 Å². The van der Waals surface area contributed by atoms with Crippen molar-refractivity contribution in [3.8, 4) is 0 Å². The summed E-state index contributed by atoms with van der Waals surface area (Å²) in [5.41, 5.74) is 1.50. The third-order valence-electron chi connectivity index (χ3n) is 7.93. The summed E-state index contributed by atoms with van der Waals surface area (Å²) in [6.45, 7) is 3.89. The van der Waals surface area contributed by atoms with Crippen LogP contribution in [0, 0.1) is 16.5 Å². The van der Waals surface area contributed by atoms with Crippen molar-refractivity contribution >= 4 is 23.3 Å². The maximum atomic E-state index is 13.9. The van der Waals surface area contributed by atoms with Crippen LogP contribution in [0.15, 0.2) is 40.9 Å². The number of methoxy groups -OCH3 is 1. The zero-order valence-corrected chi connectivity index (χ0v) is 17.5. The van der Waals surface area contributed by atoms with E-state index in [-0.39, 0.29) is 23.2 Å². The molecule has 0 aromatic heterocycles. The summed E-state index contributed by atoms with van der Waals surface area (Å²) in [4.78, 5) is 30.5. The second-order valence-electron chi connectivity index (χ2n) is 8.91. The number of piperidine rings is 2. The molecule has 0 radical (unpaired) electrons. The molecular weight excluding hydrogens is 384 g/mol. The van der Waals surface area contributed by atoms with Gasteiger partial charge >= 0.3 is 11.9 Å². The number of allylic oxidation sites excluding steroid dienone is 1. The van der Waals surface area contributed by atoms with Gasteiger partial charge in [-0.1, -0.05) is 24.3 Å². The number of ether oxygens (including phenoxy) is 2. The van der Waals surface area contributed by atoms with Crippen molar-refractivity contribution in [2.24, 2.45) is 16.3 Å². The van der Waals surface area contributed by atoms with E-state index >= 15 is 0 Å². The molecule has 3 heterocycles. The van der Waals surface area contributed by atoms with Gasteiger partial charge < -0.3 is 19.3 Å². The first-order chi connectivity index (χ1) is 14.3. The summed E-state index contributed by atoms with van der Waals surface area (Å²) in [5.74, 6) is -1.09. The number of hydrogen-bond donors (Lipinski definition) is 0. The van der Waals surface area contributed by atoms with Gasteiger partial charge in [0, 0.05) is 25.7 Å². The quantitative estimate of drug-likeness (QED) is 0.331. The molecule has 30 heavy (non-hydrogen) atoms. The van der Waals surface area contributed by atoms with Crippen LogP contribution < -0.4 is 0 Å². The van der Waals surface area contributed by atoms with Gasteiger partial charge in [-0.25, -0.2) is 0 Å². The molecule has 5 rings (SSSR count). The Morgan fingerprint density at radius 1 is 1.37 bits per heavy atom. The highest BCUT2D eigenvalue weighted by Crippen LogP contribution is 2.67. The average molecular weight is 410 g/mol. The monoisotopic (exact) mass is 410 g/mol. The number of esters is 2. The van der Waals surface area contributed by atoms with E-state index < -0.39 is 22.8 Å². The molecule has 1 aliphatic carbocycles. The van der Waals surface area contributed by atoms with Crippen LogP contribution >= 0.6 is 0 Å². The third-order valence-corrected chi connectivity index (χ3v) is 7.93. The number of carbonyl (C=O) groups excluding carboxylic acids is 2. The SMILES string of the molecule is CC=C1C[N+]2([O-])CCC34C(=Nc5ccccc53)C2CC1C4(COC(C)=O)C(=O)OC. The topological polar surface area (TPSA) is 88.0 Å². The van der Waals surface area contributed by atoms with Crippen molar-refractivity contribution in [3.05, 3.63) is 46.7 Å². The molecule has 1 aromatic carbocycles. The van der Waals surface area contributed by atoms with E-state index in [1.807, 2.05) is 37.3 Å². The van der Waals surface area contributed by atoms with Crippen molar-refractivity contribution in [2.45, 2.75) is 38.1 Å². The Morgan fingerprint density at radius 3 is 2.83 bits per heavy atom. The van der Waals surface area contributed by atoms with E-state index in [0.29, 0.717) is 25.9 Å². The molecule has 1 saturated carbocycles. The van der Waals surface area contributed by atoms with Crippen LogP contribution in [0.25, 0.3) is 0 Å². The predicted octanol–water partition coefficient (Wildman–Crippen LogP) is 2.80. The molecule has 4 aliphatic rings. The van der Waals surface area contributed by atoms with Crippen LogP contribution in [0.1, 0.15) is 32.3 Å². The molecule has 7 nitrogen and oxygen atoms in total. The highest BCUT2D eigenvalue weighted by molar-refractivity contribution is 6.10. The number of quaternary nitrogens is 1. The molecule has 0 spiro atoms. The average Bonchev–Trinajstić information content (AvgIpc) is 3.09. The molecule has 0 N–H and O–H groups in total. The normalized spacial score (nSPS) is 39.2. The van der Waals surface area contributed by atoms with E-state index in [0.717, 1.165) is 22.5 Å². The first-order valence-corrected chi connectivity index (χ1v) is 10.5. The van der Waals surface area contributed by atoms with Gasteiger partial charge in [-0.3, -0.25) is 14.6 Å². The van der Waals surface area contributed by atoms with E-state index in [2.05, 4.69) is 0 Å². The van der Waals surface area contributed by atoms with Crippen LogP contribution in [0.3, 0.4) is 0 Å². The number of hydrogen-bond acceptors (Lipinski definition) is 6. The summed E-state index contributed by atoms with van der Waals surface area (Å²) >= 11 is 0. The van der Waals surface area contributed by atoms with E-state index in [1.165, 1.54) is 14.0 Å². The molecule has 0 amide bonds. The van der Waals surface area contributed by atoms with Crippen molar-refractivity contribution in [2.75, 3.05) is 26.8 Å². The third kappa shape index (κ3) is 2.09. The molecule has 3 fully saturated rings. The van der Waals surface area contributed by atoms with Crippen LogP contribution in [0.4, 0.5) is 5.69 Å². The first-order valence-electron chi connectivity index (χ1n) is 10.5. The predicted molar refractivity (Wildman–Crippen MR) is 110 cm³/mol. The zero-order chi connectivity index (χ0) is 21.3. The van der Waals surface area contributed by atoms with Crippen molar-refractivity contribution in [1.82, 2.24) is 0 Å². The smallest absolute Gasteiger partial charge is 0.317 e. The molecule has 5 atom stereocenters. The Hall–Kier alpha value is -2.51. The number of rotatable bonds is 3. The Morgan fingerprint density at radius 2 is 2.13 bits per heavy atom. The second-order valence-corrected chi connectivity index (χ2v) is 8.91. The van der Waals surface area contributed by atoms with Crippen molar-refractivity contribution in [1.29, 1.82) is 0 Å². The summed E-state index contributed by atoms with van der Waals surface area (Å²) < 4.78 is 10.7. The number of benzene rings is 1. The van der Waals surface area contributed by atoms with Crippen LogP contribution in [0.5, 0.6) is 0 Å². The van der Waals surface area contributed by atoms with E-state index in [9.17, 15) is 14.8 Å². The number of aliphatic imine (C=N–C) groups is 1. The van der Waals surface area contributed by atoms with Crippen LogP contribution in [0.2, 0.25) is 0 Å². The molecule has 3 bridgehead atoms. The fourth-order valence-corrected chi connectivity index (χ4v) is 6.74. The highest BCUT2D eigenvalue weighted by atomic mass is 16.6. The lowest BCUT2D eigenvalue weighted by Gasteiger charge is -2.68. The standard InChI is InChI=1S/C23H26N2O5/c1-4-15-12-25(28)10-9-22-16-7-5-6-8-18(16)24-20(22)19(25)11-17(15)23(22,21(27)29-3)13-30-14(2)26/h4-8,17,19H,9-13H2,1-3H3. The lowest BCUT2D eigenvalue weighted by atomic mass is 9.43. The molecule has 7 heteroatoms. The van der Waals surface area contributed by atoms with Gasteiger partial charge in [0.2, 0.25) is 0 Å². The van der Waals surface area contributed by atoms with Gasteiger partial charge in [0.1, 0.15) is 24.6 Å². The molecule has 3 aliphatic heterocycles. The molecule has 158 valence electrons. The Kier molecular flexibility index (Phi) is 4.05. The minimum atomic E-state index is -1.15. The maximum Gasteiger partial charge on any atom is 0.317 e. The van der Waals surface area contributed by atoms with Crippen LogP contribution in [-0.4, -0.2) is 55.1 Å². The number of nitrogens with zero attached hydrogens (tertiary/aromatic N) is 2. The van der Waals surface area contributed by atoms with Gasteiger partial charge in [-0.05, 0) is 24.1 Å². The summed E-state index contributed by atoms with van der Waals surface area (Å²) in [6.07, 6.45) is 2.94. The minimum Gasteiger partial charge on any atom is -0.632 e. The molecular formula is C23H26N2O5. The van der Waals surface area contributed by atoms with Gasteiger partial charge in [-0.2, -0.15) is 0 Å². The van der Waals surface area contributed by atoms with E-state index in [4.69, 9.17) is 14.5 Å². The fourth-order valence-electron chi connectivity index (χ4n) is 6.74. The number of para-hydroxylation sites is 1. The van der Waals surface area contributed by atoms with Crippen molar-refractivity contribution in [3.63, 3.8) is 0 Å². The summed E-state index contributed by atoms with van der Waals surface area (Å²) in [6, 6.07) is 7.49. The zero-order valence-electron chi connectivity index (χ0n) is 17.5. The molecule has 1 aromatic rings. The highest BCUT2D eigenvalue weighted by Gasteiger charge is 2.76. The first kappa shape index (κ1) is 19.5. The van der Waals surface area contributed by atoms with E-state index in [1.54, 1.807) is 0 Å². The Labute approximate surface area is 175 Å². The Bertz CT molecular complexity index is 1020. The van der Waals surface area contributed by atoms with Crippen molar-refractivity contribution < 1.29 is 23.7 Å². The lowest BCUT2D eigenvalue weighted by molar-refractivity contribution is -0.901. The number of hydroxylamine groups is 3. The fraction of sp³-hybridized carbons (Fsp3) is 0.522.